The summed E-state index contributed by atoms with van der Waals surface area (Å²) in [6.07, 6.45) is 8.98. The topological polar surface area (TPSA) is 26.3 Å². The van der Waals surface area contributed by atoms with Crippen LogP contribution in [0, 0.1) is 39.9 Å². The molecule has 0 saturated heterocycles. The van der Waals surface area contributed by atoms with E-state index in [2.05, 4.69) is 55.4 Å². The van der Waals surface area contributed by atoms with Gasteiger partial charge in [0.25, 0.3) is 0 Å². The van der Waals surface area contributed by atoms with Crippen LogP contribution in [0.2, 0.25) is 0 Å². The molecule has 4 saturated carbocycles. The van der Waals surface area contributed by atoms with Gasteiger partial charge in [0.15, 0.2) is 0 Å². The maximum absolute atomic E-state index is 13.5. The smallest absolute Gasteiger partial charge is 0.312 e. The molecule has 0 radical (unpaired) electrons. The number of hydrogen-bond donors (Lipinski definition) is 0. The molecule has 26 heavy (non-hydrogen) atoms. The van der Waals surface area contributed by atoms with E-state index >= 15 is 0 Å². The molecule has 2 heteroatoms. The minimum atomic E-state index is -0.444. The van der Waals surface area contributed by atoms with Crippen LogP contribution in [0.4, 0.5) is 0 Å². The molecular weight excluding hydrogens is 320 g/mol. The van der Waals surface area contributed by atoms with Crippen LogP contribution in [-0.4, -0.2) is 11.6 Å². The molecule has 2 nitrogen and oxygen atoms in total. The van der Waals surface area contributed by atoms with Crippen molar-refractivity contribution in [2.24, 2.45) is 39.9 Å². The van der Waals surface area contributed by atoms with Gasteiger partial charge in [0.2, 0.25) is 0 Å². The van der Waals surface area contributed by atoms with Crippen molar-refractivity contribution in [3.05, 3.63) is 0 Å². The van der Waals surface area contributed by atoms with Crippen molar-refractivity contribution < 1.29 is 9.53 Å². The third-order valence-electron chi connectivity index (χ3n) is 8.59. The Balaban J connectivity index is 1.83. The molecule has 0 aromatic carbocycles. The van der Waals surface area contributed by atoms with E-state index in [4.69, 9.17) is 4.74 Å². The minimum absolute atomic E-state index is 0.0273. The Hall–Kier alpha value is -0.530. The number of rotatable bonds is 5. The van der Waals surface area contributed by atoms with Gasteiger partial charge in [0.05, 0.1) is 5.41 Å². The van der Waals surface area contributed by atoms with E-state index in [-0.39, 0.29) is 22.4 Å². The maximum atomic E-state index is 13.5. The Bertz CT molecular complexity index is 516. The maximum Gasteiger partial charge on any atom is 0.312 e. The van der Waals surface area contributed by atoms with Crippen molar-refractivity contribution in [1.29, 1.82) is 0 Å². The Morgan fingerprint density at radius 2 is 1.35 bits per heavy atom. The van der Waals surface area contributed by atoms with E-state index in [0.717, 1.165) is 24.2 Å². The molecule has 0 aromatic heterocycles. The summed E-state index contributed by atoms with van der Waals surface area (Å²) in [5.41, 5.74) is -0.690. The fourth-order valence-electron chi connectivity index (χ4n) is 6.81. The highest BCUT2D eigenvalue weighted by atomic mass is 16.6. The van der Waals surface area contributed by atoms with Gasteiger partial charge in [-0.15, -0.1) is 0 Å². The average Bonchev–Trinajstić information content (AvgIpc) is 2.42. The summed E-state index contributed by atoms with van der Waals surface area (Å²) in [6.45, 7) is 17.6. The second kappa shape index (κ2) is 6.24. The normalized spacial score (nSPS) is 36.3. The van der Waals surface area contributed by atoms with E-state index in [1.165, 1.54) is 38.5 Å². The third kappa shape index (κ3) is 3.24. The van der Waals surface area contributed by atoms with Gasteiger partial charge in [-0.3, -0.25) is 4.79 Å². The molecule has 4 aliphatic carbocycles. The number of carbonyl (C=O) groups excluding carboxylic acids is 1. The predicted molar refractivity (Wildman–Crippen MR) is 108 cm³/mol. The molecule has 0 N–H and O–H groups in total. The van der Waals surface area contributed by atoms with Crippen LogP contribution in [0.25, 0.3) is 0 Å². The van der Waals surface area contributed by atoms with E-state index in [1.807, 2.05) is 0 Å². The first kappa shape index (κ1) is 20.2. The van der Waals surface area contributed by atoms with Crippen LogP contribution in [0.15, 0.2) is 0 Å². The molecule has 0 heterocycles. The van der Waals surface area contributed by atoms with Crippen LogP contribution < -0.4 is 0 Å². The first-order valence-corrected chi connectivity index (χ1v) is 11.0. The lowest BCUT2D eigenvalue weighted by Gasteiger charge is -2.62. The number of hydrogen-bond acceptors (Lipinski definition) is 2. The quantitative estimate of drug-likeness (QED) is 0.513. The van der Waals surface area contributed by atoms with Gasteiger partial charge in [0, 0.05) is 5.41 Å². The highest BCUT2D eigenvalue weighted by molar-refractivity contribution is 5.78. The zero-order chi connectivity index (χ0) is 19.5. The Morgan fingerprint density at radius 1 is 0.923 bits per heavy atom. The first-order valence-electron chi connectivity index (χ1n) is 11.0. The van der Waals surface area contributed by atoms with Gasteiger partial charge >= 0.3 is 5.97 Å². The summed E-state index contributed by atoms with van der Waals surface area (Å²) in [5, 5.41) is 0. The molecule has 4 rings (SSSR count). The summed E-state index contributed by atoms with van der Waals surface area (Å²) >= 11 is 0. The van der Waals surface area contributed by atoms with Gasteiger partial charge in [-0.05, 0) is 94.8 Å². The van der Waals surface area contributed by atoms with E-state index in [1.54, 1.807) is 0 Å². The summed E-state index contributed by atoms with van der Waals surface area (Å²) in [7, 11) is 0. The summed E-state index contributed by atoms with van der Waals surface area (Å²) in [5.74, 6) is 3.14. The molecule has 0 amide bonds. The van der Waals surface area contributed by atoms with E-state index in [0.29, 0.717) is 5.92 Å². The van der Waals surface area contributed by atoms with Gasteiger partial charge < -0.3 is 4.74 Å². The molecule has 0 spiro atoms. The summed E-state index contributed by atoms with van der Waals surface area (Å²) in [4.78, 5) is 13.5. The van der Waals surface area contributed by atoms with Crippen molar-refractivity contribution in [3.63, 3.8) is 0 Å². The minimum Gasteiger partial charge on any atom is -0.459 e. The van der Waals surface area contributed by atoms with Crippen LogP contribution in [-0.2, 0) is 9.53 Å². The van der Waals surface area contributed by atoms with Crippen LogP contribution in [0.1, 0.15) is 100 Å². The second-order valence-corrected chi connectivity index (χ2v) is 12.3. The van der Waals surface area contributed by atoms with E-state index < -0.39 is 5.41 Å². The van der Waals surface area contributed by atoms with Crippen LogP contribution in [0.5, 0.6) is 0 Å². The zero-order valence-electron chi connectivity index (χ0n) is 18.6. The standard InChI is InChI=1S/C24H42O2/c1-16(2)12-23(8,21(3,4)5)20(25)26-22(6,7)24-13-17-9-18(14-24)11-19(10-17)15-24/h16-19H,9-15H2,1-8H3. The number of esters is 1. The predicted octanol–water partition coefficient (Wildman–Crippen LogP) is 6.62. The Kier molecular flexibility index (Phi) is 4.85. The van der Waals surface area contributed by atoms with Crippen molar-refractivity contribution in [1.82, 2.24) is 0 Å². The lowest BCUT2D eigenvalue weighted by molar-refractivity contribution is -0.212. The molecule has 0 aliphatic heterocycles. The van der Waals surface area contributed by atoms with Crippen molar-refractivity contribution in [2.75, 3.05) is 0 Å². The lowest BCUT2D eigenvalue weighted by Crippen LogP contribution is -2.58. The molecule has 1 unspecified atom stereocenters. The zero-order valence-corrected chi connectivity index (χ0v) is 18.6. The van der Waals surface area contributed by atoms with Gasteiger partial charge in [-0.2, -0.15) is 0 Å². The van der Waals surface area contributed by atoms with Gasteiger partial charge in [-0.25, -0.2) is 0 Å². The molecule has 0 aromatic rings. The molecule has 4 fully saturated rings. The largest absolute Gasteiger partial charge is 0.459 e. The highest BCUT2D eigenvalue weighted by Crippen LogP contribution is 2.64. The average molecular weight is 363 g/mol. The first-order chi connectivity index (χ1) is 11.8. The van der Waals surface area contributed by atoms with Crippen molar-refractivity contribution in [2.45, 2.75) is 106 Å². The number of carbonyl (C=O) groups is 1. The Morgan fingerprint density at radius 3 is 1.69 bits per heavy atom. The van der Waals surface area contributed by atoms with Gasteiger partial charge in [0.1, 0.15) is 5.60 Å². The number of ether oxygens (including phenoxy) is 1. The van der Waals surface area contributed by atoms with Crippen LogP contribution >= 0.6 is 0 Å². The summed E-state index contributed by atoms with van der Waals surface area (Å²) < 4.78 is 6.48. The molecule has 1 atom stereocenters. The highest BCUT2D eigenvalue weighted by Gasteiger charge is 2.60. The van der Waals surface area contributed by atoms with Crippen LogP contribution in [0.3, 0.4) is 0 Å². The molecular formula is C24H42O2. The molecule has 4 aliphatic rings. The monoisotopic (exact) mass is 362 g/mol. The van der Waals surface area contributed by atoms with Gasteiger partial charge in [-0.1, -0.05) is 34.6 Å². The van der Waals surface area contributed by atoms with Crippen molar-refractivity contribution in [3.8, 4) is 0 Å². The SMILES string of the molecule is CC(C)CC(C)(C(=O)OC(C)(C)C12CC3CC(CC(C3)C1)C2)C(C)(C)C. The molecule has 4 bridgehead atoms. The third-order valence-corrected chi connectivity index (χ3v) is 8.59. The summed E-state index contributed by atoms with van der Waals surface area (Å²) in [6, 6.07) is 0. The van der Waals surface area contributed by atoms with Crippen molar-refractivity contribution >= 4 is 5.97 Å². The molecule has 150 valence electrons. The fourth-order valence-corrected chi connectivity index (χ4v) is 6.81. The lowest BCUT2D eigenvalue weighted by atomic mass is 9.46. The fraction of sp³-hybridized carbons (Fsp3) is 0.958. The Labute approximate surface area is 161 Å². The van der Waals surface area contributed by atoms with E-state index in [9.17, 15) is 4.79 Å². The second-order valence-electron chi connectivity index (χ2n) is 12.3.